The van der Waals surface area contributed by atoms with Gasteiger partial charge in [-0.1, -0.05) is 18.2 Å². The number of ether oxygens (including phenoxy) is 1. The van der Waals surface area contributed by atoms with Gasteiger partial charge in [0.2, 0.25) is 5.91 Å². The van der Waals surface area contributed by atoms with E-state index < -0.39 is 11.7 Å². The summed E-state index contributed by atoms with van der Waals surface area (Å²) in [5.41, 5.74) is -0.665. The first-order valence-electron chi connectivity index (χ1n) is 6.71. The van der Waals surface area contributed by atoms with Crippen molar-refractivity contribution >= 4 is 18.3 Å². The first-order chi connectivity index (χ1) is 9.97. The van der Waals surface area contributed by atoms with E-state index in [0.29, 0.717) is 13.2 Å². The monoisotopic (exact) mass is 338 g/mol. The summed E-state index contributed by atoms with van der Waals surface area (Å²) in [6, 6.07) is 5.22. The maximum atomic E-state index is 12.8. The number of amides is 1. The Morgan fingerprint density at radius 2 is 2.09 bits per heavy atom. The van der Waals surface area contributed by atoms with Crippen molar-refractivity contribution in [1.29, 1.82) is 0 Å². The van der Waals surface area contributed by atoms with Gasteiger partial charge in [-0.2, -0.15) is 13.2 Å². The molecule has 2 rings (SSSR count). The molecule has 1 heterocycles. The van der Waals surface area contributed by atoms with Crippen molar-refractivity contribution in [3.05, 3.63) is 35.4 Å². The lowest BCUT2D eigenvalue weighted by Crippen LogP contribution is -2.41. The van der Waals surface area contributed by atoms with Crippen LogP contribution in [0.1, 0.15) is 17.5 Å². The van der Waals surface area contributed by atoms with Gasteiger partial charge in [-0.25, -0.2) is 0 Å². The SMILES string of the molecule is Cl.O=C(CC1CNCCO1)NCc1ccccc1C(F)(F)F. The average molecular weight is 339 g/mol. The Labute approximate surface area is 132 Å². The van der Waals surface area contributed by atoms with E-state index in [9.17, 15) is 18.0 Å². The third-order valence-corrected chi connectivity index (χ3v) is 3.22. The number of carbonyl (C=O) groups is 1. The summed E-state index contributed by atoms with van der Waals surface area (Å²) in [6.07, 6.45) is -4.50. The molecule has 1 unspecified atom stereocenters. The predicted molar refractivity (Wildman–Crippen MR) is 77.8 cm³/mol. The van der Waals surface area contributed by atoms with Gasteiger partial charge in [0.25, 0.3) is 0 Å². The van der Waals surface area contributed by atoms with E-state index in [1.54, 1.807) is 0 Å². The van der Waals surface area contributed by atoms with Gasteiger partial charge in [0.15, 0.2) is 0 Å². The van der Waals surface area contributed by atoms with Crippen LogP contribution in [0.25, 0.3) is 0 Å². The van der Waals surface area contributed by atoms with Crippen LogP contribution in [0.3, 0.4) is 0 Å². The maximum absolute atomic E-state index is 12.8. The zero-order chi connectivity index (χ0) is 15.3. The second-order valence-corrected chi connectivity index (χ2v) is 4.83. The molecule has 2 N–H and O–H groups in total. The highest BCUT2D eigenvalue weighted by molar-refractivity contribution is 5.85. The van der Waals surface area contributed by atoms with E-state index in [4.69, 9.17) is 4.74 Å². The van der Waals surface area contributed by atoms with Crippen LogP contribution in [0.15, 0.2) is 24.3 Å². The minimum Gasteiger partial charge on any atom is -0.375 e. The lowest BCUT2D eigenvalue weighted by atomic mass is 10.1. The van der Waals surface area contributed by atoms with Crippen molar-refractivity contribution in [2.75, 3.05) is 19.7 Å². The predicted octanol–water partition coefficient (Wildman–Crippen LogP) is 2.12. The number of benzene rings is 1. The summed E-state index contributed by atoms with van der Waals surface area (Å²) >= 11 is 0. The molecule has 1 amide bonds. The molecule has 0 saturated carbocycles. The number of halogens is 4. The van der Waals surface area contributed by atoms with Crippen LogP contribution in [-0.4, -0.2) is 31.7 Å². The third-order valence-electron chi connectivity index (χ3n) is 3.22. The van der Waals surface area contributed by atoms with Gasteiger partial charge >= 0.3 is 6.18 Å². The highest BCUT2D eigenvalue weighted by atomic mass is 35.5. The molecule has 0 spiro atoms. The summed E-state index contributed by atoms with van der Waals surface area (Å²) in [6.45, 7) is 1.72. The van der Waals surface area contributed by atoms with E-state index in [-0.39, 0.29) is 42.9 Å². The first-order valence-corrected chi connectivity index (χ1v) is 6.71. The van der Waals surface area contributed by atoms with Crippen molar-refractivity contribution in [2.24, 2.45) is 0 Å². The molecule has 1 fully saturated rings. The Bertz CT molecular complexity index is 491. The Morgan fingerprint density at radius 1 is 1.36 bits per heavy atom. The van der Waals surface area contributed by atoms with Gasteiger partial charge in [-0.3, -0.25) is 4.79 Å². The van der Waals surface area contributed by atoms with Gasteiger partial charge in [0, 0.05) is 19.6 Å². The molecule has 4 nitrogen and oxygen atoms in total. The van der Waals surface area contributed by atoms with Crippen LogP contribution in [0.4, 0.5) is 13.2 Å². The molecule has 0 aromatic heterocycles. The molecule has 1 aliphatic heterocycles. The number of nitrogens with one attached hydrogen (secondary N) is 2. The normalized spacial score (nSPS) is 18.4. The Kier molecular flexibility index (Phi) is 7.12. The van der Waals surface area contributed by atoms with Crippen LogP contribution in [0, 0.1) is 0 Å². The summed E-state index contributed by atoms with van der Waals surface area (Å²) < 4.78 is 43.8. The largest absolute Gasteiger partial charge is 0.416 e. The van der Waals surface area contributed by atoms with Gasteiger partial charge in [0.1, 0.15) is 0 Å². The number of rotatable bonds is 4. The molecule has 124 valence electrons. The highest BCUT2D eigenvalue weighted by Crippen LogP contribution is 2.31. The van der Waals surface area contributed by atoms with Crippen LogP contribution < -0.4 is 10.6 Å². The molecule has 1 saturated heterocycles. The topological polar surface area (TPSA) is 50.4 Å². The first kappa shape index (κ1) is 18.7. The zero-order valence-corrected chi connectivity index (χ0v) is 12.6. The minimum absolute atomic E-state index is 0. The molecule has 1 aromatic rings. The molecule has 1 atom stereocenters. The standard InChI is InChI=1S/C14H17F3N2O2.ClH/c15-14(16,17)12-4-2-1-3-10(12)8-19-13(20)7-11-9-18-5-6-21-11;/h1-4,11,18H,5-9H2,(H,19,20);1H. The van der Waals surface area contributed by atoms with Gasteiger partial charge < -0.3 is 15.4 Å². The highest BCUT2D eigenvalue weighted by Gasteiger charge is 2.32. The number of carbonyl (C=O) groups excluding carboxylic acids is 1. The van der Waals surface area contributed by atoms with Gasteiger partial charge in [-0.15, -0.1) is 12.4 Å². The number of alkyl halides is 3. The van der Waals surface area contributed by atoms with E-state index in [1.165, 1.54) is 18.2 Å². The quantitative estimate of drug-likeness (QED) is 0.884. The molecule has 8 heteroatoms. The molecule has 1 aromatic carbocycles. The summed E-state index contributed by atoms with van der Waals surface area (Å²) in [7, 11) is 0. The van der Waals surface area contributed by atoms with Crippen molar-refractivity contribution in [3.63, 3.8) is 0 Å². The Hall–Kier alpha value is -1.31. The average Bonchev–Trinajstić information content (AvgIpc) is 2.45. The molecule has 0 radical (unpaired) electrons. The lowest BCUT2D eigenvalue weighted by Gasteiger charge is -2.23. The van der Waals surface area contributed by atoms with Gasteiger partial charge in [-0.05, 0) is 11.6 Å². The van der Waals surface area contributed by atoms with E-state index >= 15 is 0 Å². The molecular weight excluding hydrogens is 321 g/mol. The number of hydrogen-bond acceptors (Lipinski definition) is 3. The summed E-state index contributed by atoms with van der Waals surface area (Å²) in [4.78, 5) is 11.7. The zero-order valence-electron chi connectivity index (χ0n) is 11.8. The van der Waals surface area contributed by atoms with Gasteiger partial charge in [0.05, 0.1) is 24.7 Å². The second kappa shape index (κ2) is 8.36. The lowest BCUT2D eigenvalue weighted by molar-refractivity contribution is -0.138. The maximum Gasteiger partial charge on any atom is 0.416 e. The van der Waals surface area contributed by atoms with E-state index in [0.717, 1.165) is 12.6 Å². The third kappa shape index (κ3) is 5.47. The van der Waals surface area contributed by atoms with Crippen molar-refractivity contribution < 1.29 is 22.7 Å². The van der Waals surface area contributed by atoms with Crippen LogP contribution >= 0.6 is 12.4 Å². The Morgan fingerprint density at radius 3 is 2.73 bits per heavy atom. The van der Waals surface area contributed by atoms with Crippen molar-refractivity contribution in [3.8, 4) is 0 Å². The fourth-order valence-electron chi connectivity index (χ4n) is 2.17. The van der Waals surface area contributed by atoms with Crippen molar-refractivity contribution in [1.82, 2.24) is 10.6 Å². The fraction of sp³-hybridized carbons (Fsp3) is 0.500. The van der Waals surface area contributed by atoms with Crippen LogP contribution in [0.2, 0.25) is 0 Å². The number of hydrogen-bond donors (Lipinski definition) is 2. The van der Waals surface area contributed by atoms with E-state index in [1.807, 2.05) is 0 Å². The molecule has 0 bridgehead atoms. The number of morpholine rings is 1. The molecule has 0 aliphatic carbocycles. The molecule has 1 aliphatic rings. The second-order valence-electron chi connectivity index (χ2n) is 4.83. The van der Waals surface area contributed by atoms with Crippen LogP contribution in [-0.2, 0) is 22.3 Å². The van der Waals surface area contributed by atoms with E-state index in [2.05, 4.69) is 10.6 Å². The molecular formula is C14H18ClF3N2O2. The summed E-state index contributed by atoms with van der Waals surface area (Å²) in [5.74, 6) is -0.319. The van der Waals surface area contributed by atoms with Crippen molar-refractivity contribution in [2.45, 2.75) is 25.2 Å². The fourth-order valence-corrected chi connectivity index (χ4v) is 2.17. The smallest absolute Gasteiger partial charge is 0.375 e. The minimum atomic E-state index is -4.42. The summed E-state index contributed by atoms with van der Waals surface area (Å²) in [5, 5.41) is 5.60. The molecule has 22 heavy (non-hydrogen) atoms. The Balaban J connectivity index is 0.00000242. The van der Waals surface area contributed by atoms with Crippen LogP contribution in [0.5, 0.6) is 0 Å².